The minimum absolute atomic E-state index is 0.161. The number of hydrogen-bond donors (Lipinski definition) is 0. The Morgan fingerprint density at radius 2 is 1.36 bits per heavy atom. The molecule has 3 aromatic carbocycles. The second kappa shape index (κ2) is 13.7. The Bertz CT molecular complexity index is 1150. The third kappa shape index (κ3) is 6.83. The van der Waals surface area contributed by atoms with Crippen LogP contribution in [0.25, 0.3) is 0 Å². The fourth-order valence-electron chi connectivity index (χ4n) is 5.23. The molecule has 3 rings (SSSR count). The average molecular weight is 551 g/mol. The standard InChI is InChI=1S/C32H42O6Si/c1-8-37-29(33)23-25(21-19-24-20-22-28(34-5)31(36-7)30(24)35-6)38-39(32(2,3)4,26-15-11-9-12-16-26)27-17-13-10-14-18-27/h9-18,20,22,25H,8,19,21,23H2,1-7H3. The molecule has 0 spiro atoms. The highest BCUT2D eigenvalue weighted by atomic mass is 28.4. The van der Waals surface area contributed by atoms with Crippen molar-refractivity contribution in [1.29, 1.82) is 0 Å². The van der Waals surface area contributed by atoms with Crippen molar-refractivity contribution in [3.8, 4) is 17.2 Å². The van der Waals surface area contributed by atoms with Crippen molar-refractivity contribution in [1.82, 2.24) is 0 Å². The zero-order chi connectivity index (χ0) is 28.5. The second-order valence-electron chi connectivity index (χ2n) is 10.4. The first kappa shape index (κ1) is 30.3. The van der Waals surface area contributed by atoms with Crippen LogP contribution >= 0.6 is 0 Å². The normalized spacial score (nSPS) is 12.5. The van der Waals surface area contributed by atoms with Crippen LogP contribution in [0, 0.1) is 0 Å². The number of ether oxygens (including phenoxy) is 4. The van der Waals surface area contributed by atoms with E-state index in [9.17, 15) is 4.79 Å². The summed E-state index contributed by atoms with van der Waals surface area (Å²) < 4.78 is 29.5. The second-order valence-corrected chi connectivity index (χ2v) is 14.7. The molecular formula is C32H42O6Si. The molecule has 0 amide bonds. The van der Waals surface area contributed by atoms with Gasteiger partial charge in [-0.3, -0.25) is 4.79 Å². The van der Waals surface area contributed by atoms with E-state index in [0.29, 0.717) is 36.7 Å². The summed E-state index contributed by atoms with van der Waals surface area (Å²) in [6, 6.07) is 24.8. The SMILES string of the molecule is CCOC(=O)CC(CCc1ccc(OC)c(OC)c1OC)O[Si](c1ccccc1)(c1ccccc1)C(C)(C)C. The maximum Gasteiger partial charge on any atom is 0.308 e. The van der Waals surface area contributed by atoms with Crippen LogP contribution < -0.4 is 24.6 Å². The van der Waals surface area contributed by atoms with Crippen LogP contribution in [0.5, 0.6) is 17.2 Å². The Morgan fingerprint density at radius 3 is 1.82 bits per heavy atom. The zero-order valence-electron chi connectivity index (χ0n) is 24.3. The number of aryl methyl sites for hydroxylation is 1. The van der Waals surface area contributed by atoms with Crippen LogP contribution in [0.2, 0.25) is 5.04 Å². The van der Waals surface area contributed by atoms with Gasteiger partial charge in [0.05, 0.1) is 40.5 Å². The summed E-state index contributed by atoms with van der Waals surface area (Å²) in [7, 11) is 1.94. The molecule has 0 N–H and O–H groups in total. The molecule has 0 saturated heterocycles. The van der Waals surface area contributed by atoms with Crippen molar-refractivity contribution in [2.24, 2.45) is 0 Å². The molecule has 39 heavy (non-hydrogen) atoms. The molecule has 1 atom stereocenters. The lowest BCUT2D eigenvalue weighted by Gasteiger charge is -2.45. The van der Waals surface area contributed by atoms with Gasteiger partial charge in [-0.05, 0) is 46.8 Å². The molecule has 0 aliphatic rings. The quantitative estimate of drug-likeness (QED) is 0.206. The smallest absolute Gasteiger partial charge is 0.308 e. The highest BCUT2D eigenvalue weighted by Crippen LogP contribution is 2.41. The van der Waals surface area contributed by atoms with Gasteiger partial charge >= 0.3 is 5.97 Å². The number of rotatable bonds is 13. The molecule has 210 valence electrons. The molecule has 0 fully saturated rings. The summed E-state index contributed by atoms with van der Waals surface area (Å²) in [6.07, 6.45) is 0.989. The fourth-order valence-corrected chi connectivity index (χ4v) is 9.94. The van der Waals surface area contributed by atoms with Crippen LogP contribution in [-0.2, 0) is 20.4 Å². The predicted octanol–water partition coefficient (Wildman–Crippen LogP) is 5.54. The van der Waals surface area contributed by atoms with E-state index in [1.807, 2.05) is 31.2 Å². The molecule has 0 radical (unpaired) electrons. The van der Waals surface area contributed by atoms with E-state index in [2.05, 4.69) is 69.3 Å². The molecular weight excluding hydrogens is 508 g/mol. The van der Waals surface area contributed by atoms with Crippen LogP contribution in [0.1, 0.15) is 46.1 Å². The highest BCUT2D eigenvalue weighted by Gasteiger charge is 2.51. The Labute approximate surface area is 234 Å². The molecule has 0 saturated carbocycles. The van der Waals surface area contributed by atoms with E-state index >= 15 is 0 Å². The van der Waals surface area contributed by atoms with E-state index in [0.717, 1.165) is 5.56 Å². The lowest BCUT2D eigenvalue weighted by atomic mass is 10.0. The van der Waals surface area contributed by atoms with Gasteiger partial charge < -0.3 is 23.4 Å². The van der Waals surface area contributed by atoms with Gasteiger partial charge in [0.15, 0.2) is 11.5 Å². The number of carbonyl (C=O) groups excluding carboxylic acids is 1. The van der Waals surface area contributed by atoms with E-state index in [1.54, 1.807) is 21.3 Å². The number of benzene rings is 3. The largest absolute Gasteiger partial charge is 0.493 e. The molecule has 0 heterocycles. The van der Waals surface area contributed by atoms with Gasteiger partial charge in [-0.25, -0.2) is 0 Å². The number of methoxy groups -OCH3 is 3. The molecule has 0 aromatic heterocycles. The highest BCUT2D eigenvalue weighted by molar-refractivity contribution is 6.99. The zero-order valence-corrected chi connectivity index (χ0v) is 25.3. The minimum Gasteiger partial charge on any atom is -0.493 e. The Kier molecular flexibility index (Phi) is 10.6. The van der Waals surface area contributed by atoms with Crippen LogP contribution in [0.4, 0.5) is 0 Å². The Morgan fingerprint density at radius 1 is 0.795 bits per heavy atom. The number of esters is 1. The molecule has 0 aliphatic heterocycles. The van der Waals surface area contributed by atoms with Gasteiger partial charge in [0, 0.05) is 0 Å². The van der Waals surface area contributed by atoms with Gasteiger partial charge in [-0.1, -0.05) is 87.5 Å². The van der Waals surface area contributed by atoms with Crippen molar-refractivity contribution >= 4 is 24.7 Å². The van der Waals surface area contributed by atoms with Crippen molar-refractivity contribution in [2.45, 2.75) is 58.1 Å². The summed E-state index contributed by atoms with van der Waals surface area (Å²) in [5.41, 5.74) is 0.954. The Balaban J connectivity index is 2.08. The molecule has 6 nitrogen and oxygen atoms in total. The van der Waals surface area contributed by atoms with Crippen molar-refractivity contribution in [3.63, 3.8) is 0 Å². The summed E-state index contributed by atoms with van der Waals surface area (Å²) >= 11 is 0. The molecule has 0 aliphatic carbocycles. The third-order valence-corrected chi connectivity index (χ3v) is 12.1. The van der Waals surface area contributed by atoms with Crippen LogP contribution in [0.15, 0.2) is 72.8 Å². The van der Waals surface area contributed by atoms with Gasteiger partial charge in [-0.15, -0.1) is 0 Å². The van der Waals surface area contributed by atoms with Crippen molar-refractivity contribution in [3.05, 3.63) is 78.4 Å². The molecule has 0 bridgehead atoms. The first-order chi connectivity index (χ1) is 18.7. The average Bonchev–Trinajstić information content (AvgIpc) is 2.94. The summed E-state index contributed by atoms with van der Waals surface area (Å²) in [4.78, 5) is 12.8. The van der Waals surface area contributed by atoms with Crippen molar-refractivity contribution < 1.29 is 28.2 Å². The lowest BCUT2D eigenvalue weighted by Crippen LogP contribution is -2.67. The van der Waals surface area contributed by atoms with E-state index in [1.165, 1.54) is 10.4 Å². The van der Waals surface area contributed by atoms with Gasteiger partial charge in [0.25, 0.3) is 8.32 Å². The first-order valence-corrected chi connectivity index (χ1v) is 15.3. The first-order valence-electron chi connectivity index (χ1n) is 13.4. The van der Waals surface area contributed by atoms with Crippen molar-refractivity contribution in [2.75, 3.05) is 27.9 Å². The van der Waals surface area contributed by atoms with E-state index in [4.69, 9.17) is 23.4 Å². The predicted molar refractivity (Wildman–Crippen MR) is 158 cm³/mol. The van der Waals surface area contributed by atoms with Crippen LogP contribution in [-0.4, -0.2) is 48.3 Å². The maximum atomic E-state index is 12.8. The number of carbonyl (C=O) groups is 1. The molecule has 7 heteroatoms. The van der Waals surface area contributed by atoms with Gasteiger partial charge in [-0.2, -0.15) is 0 Å². The molecule has 1 unspecified atom stereocenters. The third-order valence-electron chi connectivity index (χ3n) is 6.98. The monoisotopic (exact) mass is 550 g/mol. The number of hydrogen-bond acceptors (Lipinski definition) is 6. The van der Waals surface area contributed by atoms with Crippen LogP contribution in [0.3, 0.4) is 0 Å². The van der Waals surface area contributed by atoms with E-state index < -0.39 is 8.32 Å². The van der Waals surface area contributed by atoms with Gasteiger partial charge in [0.1, 0.15) is 0 Å². The maximum absolute atomic E-state index is 12.8. The fraction of sp³-hybridized carbons (Fsp3) is 0.406. The van der Waals surface area contributed by atoms with Gasteiger partial charge in [0.2, 0.25) is 5.75 Å². The lowest BCUT2D eigenvalue weighted by molar-refractivity contribution is -0.145. The summed E-state index contributed by atoms with van der Waals surface area (Å²) in [6.45, 7) is 8.85. The van der Waals surface area contributed by atoms with E-state index in [-0.39, 0.29) is 23.5 Å². The summed E-state index contributed by atoms with van der Waals surface area (Å²) in [5.74, 6) is 1.51. The minimum atomic E-state index is -2.88. The topological polar surface area (TPSA) is 63.2 Å². The molecule has 3 aromatic rings. The Hall–Kier alpha value is -3.29. The summed E-state index contributed by atoms with van der Waals surface area (Å²) in [5, 5.41) is 2.12.